The molecule has 7 heteroatoms. The summed E-state index contributed by atoms with van der Waals surface area (Å²) in [5, 5.41) is 6.46. The van der Waals surface area contributed by atoms with Gasteiger partial charge in [-0.1, -0.05) is 0 Å². The second-order valence-electron chi connectivity index (χ2n) is 4.57. The molecule has 0 bridgehead atoms. The minimum absolute atomic E-state index is 0. The number of nitrogens with zero attached hydrogens (tertiary/aromatic N) is 3. The van der Waals surface area contributed by atoms with Crippen molar-refractivity contribution in [3.05, 3.63) is 48.5 Å². The summed E-state index contributed by atoms with van der Waals surface area (Å²) < 4.78 is 7.58. The zero-order valence-electron chi connectivity index (χ0n) is 12.8. The molecular weight excluding hydrogens is 393 g/mol. The van der Waals surface area contributed by atoms with E-state index in [0.717, 1.165) is 18.3 Å². The van der Waals surface area contributed by atoms with Crippen LogP contribution in [-0.2, 0) is 13.6 Å². The minimum atomic E-state index is 0. The molecule has 0 aliphatic carbocycles. The van der Waals surface area contributed by atoms with Crippen molar-refractivity contribution < 1.29 is 4.74 Å². The molecule has 0 aliphatic heterocycles. The highest BCUT2D eigenvalue weighted by atomic mass is 127. The number of hydrogen-bond acceptors (Lipinski definition) is 3. The van der Waals surface area contributed by atoms with Crippen LogP contribution in [0, 0.1) is 0 Å². The Kier molecular flexibility index (Phi) is 8.34. The third-order valence-corrected chi connectivity index (χ3v) is 2.87. The van der Waals surface area contributed by atoms with Gasteiger partial charge in [0, 0.05) is 39.2 Å². The molecule has 2 rings (SSSR count). The molecule has 0 aliphatic rings. The molecule has 0 spiro atoms. The van der Waals surface area contributed by atoms with Crippen molar-refractivity contribution in [2.45, 2.75) is 6.54 Å². The average molecular weight is 415 g/mol. The number of guanidine groups is 1. The van der Waals surface area contributed by atoms with Gasteiger partial charge in [0.1, 0.15) is 12.4 Å². The molecular formula is C15H22IN5O. The van der Waals surface area contributed by atoms with Crippen molar-refractivity contribution in [3.63, 3.8) is 0 Å². The van der Waals surface area contributed by atoms with Gasteiger partial charge in [-0.25, -0.2) is 0 Å². The number of rotatable bonds is 6. The summed E-state index contributed by atoms with van der Waals surface area (Å²) in [4.78, 5) is 8.17. The molecule has 6 nitrogen and oxygen atoms in total. The third-order valence-electron chi connectivity index (χ3n) is 2.87. The van der Waals surface area contributed by atoms with Crippen LogP contribution in [0.3, 0.4) is 0 Å². The van der Waals surface area contributed by atoms with Crippen LogP contribution in [0.5, 0.6) is 5.75 Å². The SMILES string of the molecule is CN=C(NCCOc1cccnc1)NCc1ccn(C)c1.I. The monoisotopic (exact) mass is 415 g/mol. The first-order valence-corrected chi connectivity index (χ1v) is 6.86. The number of aryl methyl sites for hydroxylation is 1. The van der Waals surface area contributed by atoms with Crippen molar-refractivity contribution in [1.29, 1.82) is 0 Å². The third kappa shape index (κ3) is 6.33. The van der Waals surface area contributed by atoms with Gasteiger partial charge in [-0.05, 0) is 23.8 Å². The summed E-state index contributed by atoms with van der Waals surface area (Å²) in [5.41, 5.74) is 1.21. The van der Waals surface area contributed by atoms with Crippen LogP contribution >= 0.6 is 24.0 Å². The Hall–Kier alpha value is -1.77. The van der Waals surface area contributed by atoms with E-state index in [1.807, 2.05) is 29.9 Å². The zero-order valence-corrected chi connectivity index (χ0v) is 15.2. The molecule has 2 aromatic rings. The first-order valence-electron chi connectivity index (χ1n) is 6.86. The number of ether oxygens (including phenoxy) is 1. The molecule has 0 fully saturated rings. The predicted octanol–water partition coefficient (Wildman–Crippen LogP) is 1.78. The minimum Gasteiger partial charge on any atom is -0.490 e. The molecule has 0 unspecified atom stereocenters. The van der Waals surface area contributed by atoms with E-state index in [1.165, 1.54) is 5.56 Å². The van der Waals surface area contributed by atoms with E-state index < -0.39 is 0 Å². The van der Waals surface area contributed by atoms with E-state index in [9.17, 15) is 0 Å². The van der Waals surface area contributed by atoms with Crippen LogP contribution in [0.1, 0.15) is 5.56 Å². The van der Waals surface area contributed by atoms with Gasteiger partial charge in [-0.15, -0.1) is 24.0 Å². The highest BCUT2D eigenvalue weighted by Gasteiger charge is 1.99. The maximum atomic E-state index is 5.56. The second kappa shape index (κ2) is 10.0. The van der Waals surface area contributed by atoms with Gasteiger partial charge in [0.25, 0.3) is 0 Å². The standard InChI is InChI=1S/C15H21N5O.HI/c1-16-15(19-10-13-5-8-20(2)12-13)18-7-9-21-14-4-3-6-17-11-14;/h3-6,8,11-12H,7,9-10H2,1-2H3,(H2,16,18,19);1H. The number of aliphatic imine (C=N–C) groups is 1. The molecule has 2 aromatic heterocycles. The van der Waals surface area contributed by atoms with E-state index >= 15 is 0 Å². The van der Waals surface area contributed by atoms with E-state index in [4.69, 9.17) is 4.74 Å². The van der Waals surface area contributed by atoms with Gasteiger partial charge in [0.05, 0.1) is 12.7 Å². The molecule has 0 saturated heterocycles. The summed E-state index contributed by atoms with van der Waals surface area (Å²) in [6.07, 6.45) is 7.52. The van der Waals surface area contributed by atoms with Crippen LogP contribution in [0.2, 0.25) is 0 Å². The molecule has 0 radical (unpaired) electrons. The van der Waals surface area contributed by atoms with Crippen LogP contribution in [0.15, 0.2) is 48.0 Å². The van der Waals surface area contributed by atoms with Gasteiger partial charge < -0.3 is 19.9 Å². The molecule has 0 aromatic carbocycles. The fourth-order valence-electron chi connectivity index (χ4n) is 1.84. The highest BCUT2D eigenvalue weighted by Crippen LogP contribution is 2.04. The fraction of sp³-hybridized carbons (Fsp3) is 0.333. The van der Waals surface area contributed by atoms with Gasteiger partial charge >= 0.3 is 0 Å². The molecule has 2 N–H and O–H groups in total. The van der Waals surface area contributed by atoms with Gasteiger partial charge in [0.2, 0.25) is 0 Å². The Balaban J connectivity index is 0.00000242. The molecule has 0 saturated carbocycles. The van der Waals surface area contributed by atoms with E-state index in [-0.39, 0.29) is 24.0 Å². The summed E-state index contributed by atoms with van der Waals surface area (Å²) in [6.45, 7) is 1.96. The lowest BCUT2D eigenvalue weighted by atomic mass is 10.3. The molecule has 120 valence electrons. The molecule has 0 amide bonds. The lowest BCUT2D eigenvalue weighted by Gasteiger charge is -2.11. The van der Waals surface area contributed by atoms with Crippen molar-refractivity contribution in [2.24, 2.45) is 12.0 Å². The second-order valence-corrected chi connectivity index (χ2v) is 4.57. The van der Waals surface area contributed by atoms with E-state index in [2.05, 4.69) is 32.9 Å². The highest BCUT2D eigenvalue weighted by molar-refractivity contribution is 14.0. The number of aromatic nitrogens is 2. The average Bonchev–Trinajstić information content (AvgIpc) is 2.93. The maximum Gasteiger partial charge on any atom is 0.191 e. The lowest BCUT2D eigenvalue weighted by molar-refractivity contribution is 0.320. The molecule has 0 atom stereocenters. The Bertz CT molecular complexity index is 570. The summed E-state index contributed by atoms with van der Waals surface area (Å²) in [6, 6.07) is 5.81. The maximum absolute atomic E-state index is 5.56. The number of hydrogen-bond donors (Lipinski definition) is 2. The van der Waals surface area contributed by atoms with Crippen LogP contribution < -0.4 is 15.4 Å². The first kappa shape index (κ1) is 18.3. The van der Waals surface area contributed by atoms with Crippen LogP contribution in [-0.4, -0.2) is 35.7 Å². The lowest BCUT2D eigenvalue weighted by Crippen LogP contribution is -2.38. The summed E-state index contributed by atoms with van der Waals surface area (Å²) in [5.74, 6) is 1.53. The summed E-state index contributed by atoms with van der Waals surface area (Å²) >= 11 is 0. The normalized spacial score (nSPS) is 10.7. The zero-order chi connectivity index (χ0) is 14.9. The number of nitrogens with one attached hydrogen (secondary N) is 2. The van der Waals surface area contributed by atoms with Gasteiger partial charge in [0.15, 0.2) is 5.96 Å². The largest absolute Gasteiger partial charge is 0.490 e. The van der Waals surface area contributed by atoms with Gasteiger partial charge in [-0.2, -0.15) is 0 Å². The van der Waals surface area contributed by atoms with E-state index in [0.29, 0.717) is 13.2 Å². The Morgan fingerprint density at radius 3 is 2.86 bits per heavy atom. The van der Waals surface area contributed by atoms with Crippen molar-refractivity contribution >= 4 is 29.9 Å². The molecule has 2 heterocycles. The summed E-state index contributed by atoms with van der Waals surface area (Å²) in [7, 11) is 3.76. The Morgan fingerprint density at radius 2 is 2.23 bits per heavy atom. The quantitative estimate of drug-likeness (QED) is 0.327. The van der Waals surface area contributed by atoms with Gasteiger partial charge in [-0.3, -0.25) is 9.98 Å². The smallest absolute Gasteiger partial charge is 0.191 e. The van der Waals surface area contributed by atoms with Crippen molar-refractivity contribution in [1.82, 2.24) is 20.2 Å². The Morgan fingerprint density at radius 1 is 1.36 bits per heavy atom. The first-order chi connectivity index (χ1) is 10.3. The van der Waals surface area contributed by atoms with E-state index in [1.54, 1.807) is 19.4 Å². The number of halogens is 1. The van der Waals surface area contributed by atoms with Crippen LogP contribution in [0.4, 0.5) is 0 Å². The molecule has 22 heavy (non-hydrogen) atoms. The van der Waals surface area contributed by atoms with Crippen molar-refractivity contribution in [3.8, 4) is 5.75 Å². The topological polar surface area (TPSA) is 63.5 Å². The van der Waals surface area contributed by atoms with Crippen molar-refractivity contribution in [2.75, 3.05) is 20.2 Å². The fourth-order valence-corrected chi connectivity index (χ4v) is 1.84. The Labute approximate surface area is 148 Å². The number of pyridine rings is 1. The van der Waals surface area contributed by atoms with Crippen LogP contribution in [0.25, 0.3) is 0 Å². The predicted molar refractivity (Wildman–Crippen MR) is 98.8 cm³/mol.